The first-order chi connectivity index (χ1) is 7.99. The van der Waals surface area contributed by atoms with Crippen molar-refractivity contribution in [2.75, 3.05) is 11.9 Å². The standard InChI is InChI=1S/C14H19N3/c1-5-16-13-10(8-15)6-11-12(17-13)9(2)7-14(11,3)4/h6,9H,5,7H2,1-4H3,(H,16,17). The first-order valence-corrected chi connectivity index (χ1v) is 6.19. The van der Waals surface area contributed by atoms with E-state index in [9.17, 15) is 5.26 Å². The Balaban J connectivity index is 2.58. The summed E-state index contributed by atoms with van der Waals surface area (Å²) >= 11 is 0. The monoisotopic (exact) mass is 229 g/mol. The summed E-state index contributed by atoms with van der Waals surface area (Å²) in [5.41, 5.74) is 3.19. The van der Waals surface area contributed by atoms with Crippen LogP contribution in [0.25, 0.3) is 0 Å². The number of nitriles is 1. The SMILES string of the molecule is CCNc1nc2c(cc1C#N)C(C)(C)CC2C. The van der Waals surface area contributed by atoms with Gasteiger partial charge in [-0.3, -0.25) is 0 Å². The van der Waals surface area contributed by atoms with E-state index in [0.717, 1.165) is 24.5 Å². The molecule has 0 aliphatic heterocycles. The molecular weight excluding hydrogens is 210 g/mol. The van der Waals surface area contributed by atoms with Crippen LogP contribution < -0.4 is 5.32 Å². The molecule has 1 aliphatic rings. The van der Waals surface area contributed by atoms with E-state index in [4.69, 9.17) is 0 Å². The number of nitrogens with zero attached hydrogens (tertiary/aromatic N) is 2. The van der Waals surface area contributed by atoms with Gasteiger partial charge < -0.3 is 5.32 Å². The summed E-state index contributed by atoms with van der Waals surface area (Å²) in [5, 5.41) is 12.4. The van der Waals surface area contributed by atoms with Gasteiger partial charge in [0.25, 0.3) is 0 Å². The maximum absolute atomic E-state index is 9.18. The number of rotatable bonds is 2. The van der Waals surface area contributed by atoms with Gasteiger partial charge in [0.05, 0.1) is 5.56 Å². The van der Waals surface area contributed by atoms with E-state index >= 15 is 0 Å². The summed E-state index contributed by atoms with van der Waals surface area (Å²) in [6.45, 7) is 9.47. The molecule has 3 nitrogen and oxygen atoms in total. The van der Waals surface area contributed by atoms with E-state index in [1.54, 1.807) is 0 Å². The van der Waals surface area contributed by atoms with Gasteiger partial charge in [-0.05, 0) is 36.3 Å². The van der Waals surface area contributed by atoms with Gasteiger partial charge in [-0.1, -0.05) is 20.8 Å². The van der Waals surface area contributed by atoms with Crippen molar-refractivity contribution in [3.05, 3.63) is 22.9 Å². The van der Waals surface area contributed by atoms with E-state index < -0.39 is 0 Å². The van der Waals surface area contributed by atoms with Gasteiger partial charge in [0.1, 0.15) is 11.9 Å². The lowest BCUT2D eigenvalue weighted by Crippen LogP contribution is -2.13. The highest BCUT2D eigenvalue weighted by molar-refractivity contribution is 5.57. The van der Waals surface area contributed by atoms with Crippen LogP contribution in [0.3, 0.4) is 0 Å². The summed E-state index contributed by atoms with van der Waals surface area (Å²) < 4.78 is 0. The first kappa shape index (κ1) is 11.9. The van der Waals surface area contributed by atoms with Gasteiger partial charge in [0.15, 0.2) is 0 Å². The van der Waals surface area contributed by atoms with Crippen molar-refractivity contribution in [2.45, 2.75) is 45.4 Å². The third-order valence-electron chi connectivity index (χ3n) is 3.53. The minimum absolute atomic E-state index is 0.137. The van der Waals surface area contributed by atoms with Crippen LogP contribution in [0, 0.1) is 11.3 Å². The van der Waals surface area contributed by atoms with Crippen molar-refractivity contribution < 1.29 is 0 Å². The predicted molar refractivity (Wildman–Crippen MR) is 69.2 cm³/mol. The van der Waals surface area contributed by atoms with Crippen LogP contribution in [0.15, 0.2) is 6.07 Å². The van der Waals surface area contributed by atoms with E-state index in [2.05, 4.69) is 37.1 Å². The fraction of sp³-hybridized carbons (Fsp3) is 0.571. The van der Waals surface area contributed by atoms with Gasteiger partial charge in [-0.15, -0.1) is 0 Å². The molecule has 3 heteroatoms. The Morgan fingerprint density at radius 3 is 2.88 bits per heavy atom. The minimum atomic E-state index is 0.137. The summed E-state index contributed by atoms with van der Waals surface area (Å²) in [7, 11) is 0. The second-order valence-corrected chi connectivity index (χ2v) is 5.45. The lowest BCUT2D eigenvalue weighted by molar-refractivity contribution is 0.488. The van der Waals surface area contributed by atoms with Crippen molar-refractivity contribution in [1.82, 2.24) is 4.98 Å². The normalized spacial score (nSPS) is 20.8. The third kappa shape index (κ3) is 1.88. The van der Waals surface area contributed by atoms with Gasteiger partial charge in [0.2, 0.25) is 0 Å². The number of fused-ring (bicyclic) bond motifs is 1. The molecule has 1 N–H and O–H groups in total. The third-order valence-corrected chi connectivity index (χ3v) is 3.53. The van der Waals surface area contributed by atoms with Gasteiger partial charge in [0, 0.05) is 12.2 Å². The molecule has 1 aromatic heterocycles. The Labute approximate surface area is 103 Å². The fourth-order valence-electron chi connectivity index (χ4n) is 2.80. The van der Waals surface area contributed by atoms with Crippen LogP contribution in [0.1, 0.15) is 56.9 Å². The lowest BCUT2D eigenvalue weighted by Gasteiger charge is -2.19. The Morgan fingerprint density at radius 1 is 1.59 bits per heavy atom. The molecule has 0 bridgehead atoms. The molecule has 1 aliphatic carbocycles. The molecule has 1 heterocycles. The van der Waals surface area contributed by atoms with Crippen LogP contribution >= 0.6 is 0 Å². The quantitative estimate of drug-likeness (QED) is 0.847. The Bertz CT molecular complexity index is 483. The molecule has 0 radical (unpaired) electrons. The Morgan fingerprint density at radius 2 is 2.29 bits per heavy atom. The molecule has 1 unspecified atom stereocenters. The van der Waals surface area contributed by atoms with Crippen LogP contribution in [0.4, 0.5) is 5.82 Å². The molecular formula is C14H19N3. The minimum Gasteiger partial charge on any atom is -0.369 e. The summed E-state index contributed by atoms with van der Waals surface area (Å²) in [6.07, 6.45) is 1.11. The number of pyridine rings is 1. The number of aromatic nitrogens is 1. The first-order valence-electron chi connectivity index (χ1n) is 6.19. The zero-order valence-corrected chi connectivity index (χ0v) is 11.0. The average molecular weight is 229 g/mol. The van der Waals surface area contributed by atoms with Gasteiger partial charge in [-0.2, -0.15) is 5.26 Å². The van der Waals surface area contributed by atoms with Gasteiger partial charge in [-0.25, -0.2) is 4.98 Å². The number of hydrogen-bond donors (Lipinski definition) is 1. The smallest absolute Gasteiger partial charge is 0.144 e. The topological polar surface area (TPSA) is 48.7 Å². The summed E-state index contributed by atoms with van der Waals surface area (Å²) in [5.74, 6) is 1.21. The average Bonchev–Trinajstić information content (AvgIpc) is 2.49. The van der Waals surface area contributed by atoms with Crippen LogP contribution in [-0.4, -0.2) is 11.5 Å². The van der Waals surface area contributed by atoms with Crippen molar-refractivity contribution in [2.24, 2.45) is 0 Å². The van der Waals surface area contributed by atoms with Crippen molar-refractivity contribution in [1.29, 1.82) is 5.26 Å². The Kier molecular flexibility index (Phi) is 2.82. The molecule has 0 spiro atoms. The molecule has 0 fully saturated rings. The molecule has 1 atom stereocenters. The highest BCUT2D eigenvalue weighted by Crippen LogP contribution is 2.45. The zero-order chi connectivity index (χ0) is 12.6. The second-order valence-electron chi connectivity index (χ2n) is 5.45. The molecule has 0 saturated carbocycles. The van der Waals surface area contributed by atoms with E-state index in [0.29, 0.717) is 11.5 Å². The number of hydrogen-bond acceptors (Lipinski definition) is 3. The van der Waals surface area contributed by atoms with Crippen molar-refractivity contribution in [3.63, 3.8) is 0 Å². The Hall–Kier alpha value is -1.56. The largest absolute Gasteiger partial charge is 0.369 e. The maximum atomic E-state index is 9.18. The lowest BCUT2D eigenvalue weighted by atomic mass is 9.86. The molecule has 2 rings (SSSR count). The fourth-order valence-corrected chi connectivity index (χ4v) is 2.80. The predicted octanol–water partition coefficient (Wildman–Crippen LogP) is 3.17. The summed E-state index contributed by atoms with van der Waals surface area (Å²) in [6, 6.07) is 4.26. The van der Waals surface area contributed by atoms with Crippen LogP contribution in [0.5, 0.6) is 0 Å². The summed E-state index contributed by atoms with van der Waals surface area (Å²) in [4.78, 5) is 4.66. The number of nitrogens with one attached hydrogen (secondary N) is 1. The van der Waals surface area contributed by atoms with E-state index in [1.807, 2.05) is 13.0 Å². The van der Waals surface area contributed by atoms with E-state index in [1.165, 1.54) is 5.56 Å². The van der Waals surface area contributed by atoms with Crippen LogP contribution in [0.2, 0.25) is 0 Å². The second kappa shape index (κ2) is 4.03. The van der Waals surface area contributed by atoms with Crippen molar-refractivity contribution in [3.8, 4) is 6.07 Å². The van der Waals surface area contributed by atoms with E-state index in [-0.39, 0.29) is 5.41 Å². The zero-order valence-electron chi connectivity index (χ0n) is 11.0. The van der Waals surface area contributed by atoms with Crippen LogP contribution in [-0.2, 0) is 5.41 Å². The molecule has 90 valence electrons. The molecule has 17 heavy (non-hydrogen) atoms. The van der Waals surface area contributed by atoms with Gasteiger partial charge >= 0.3 is 0 Å². The highest BCUT2D eigenvalue weighted by atomic mass is 15.0. The molecule has 0 saturated heterocycles. The molecule has 0 amide bonds. The molecule has 1 aromatic rings. The maximum Gasteiger partial charge on any atom is 0.144 e. The van der Waals surface area contributed by atoms with Crippen molar-refractivity contribution >= 4 is 5.82 Å². The highest BCUT2D eigenvalue weighted by Gasteiger charge is 2.36. The molecule has 0 aromatic carbocycles. The number of anilines is 1.